The third-order valence-electron chi connectivity index (χ3n) is 4.07. The van der Waals surface area contributed by atoms with Crippen LogP contribution in [0.1, 0.15) is 5.82 Å². The first-order valence-electron chi connectivity index (χ1n) is 8.00. The van der Waals surface area contributed by atoms with E-state index in [4.69, 9.17) is 11.6 Å². The number of halogens is 1. The molecule has 0 atom stereocenters. The largest absolute Gasteiger partial charge is 0.510 e. The van der Waals surface area contributed by atoms with E-state index in [0.29, 0.717) is 10.8 Å². The summed E-state index contributed by atoms with van der Waals surface area (Å²) in [7, 11) is 1.83. The van der Waals surface area contributed by atoms with Crippen LogP contribution in [0.3, 0.4) is 0 Å². The molecular weight excluding hydrogens is 400 g/mol. The van der Waals surface area contributed by atoms with E-state index >= 15 is 0 Å². The minimum absolute atomic E-state index is 0.0156. The molecule has 134 valence electrons. The van der Waals surface area contributed by atoms with Gasteiger partial charge in [0.15, 0.2) is 10.2 Å². The Kier molecular flexibility index (Phi) is 4.79. The van der Waals surface area contributed by atoms with Crippen molar-refractivity contribution in [3.05, 3.63) is 59.1 Å². The van der Waals surface area contributed by atoms with Crippen LogP contribution in [0.4, 0.5) is 0 Å². The highest BCUT2D eigenvalue weighted by Gasteiger charge is 2.17. The second-order valence-corrected chi connectivity index (χ2v) is 8.49. The van der Waals surface area contributed by atoms with E-state index in [2.05, 4.69) is 16.0 Å². The average Bonchev–Trinajstić information content (AvgIpc) is 3.22. The van der Waals surface area contributed by atoms with Gasteiger partial charge in [-0.15, -0.1) is 11.3 Å². The highest BCUT2D eigenvalue weighted by atomic mass is 35.5. The topological polar surface area (TPSA) is 74.7 Å². The molecule has 0 radical (unpaired) electrons. The van der Waals surface area contributed by atoms with E-state index in [9.17, 15) is 10.4 Å². The van der Waals surface area contributed by atoms with Crippen LogP contribution in [0.15, 0.2) is 52.6 Å². The molecule has 0 unspecified atom stereocenters. The zero-order chi connectivity index (χ0) is 19.0. The predicted molar refractivity (Wildman–Crippen MR) is 111 cm³/mol. The molecule has 8 heteroatoms. The molecule has 27 heavy (non-hydrogen) atoms. The van der Waals surface area contributed by atoms with Gasteiger partial charge < -0.3 is 9.67 Å². The summed E-state index contributed by atoms with van der Waals surface area (Å²) in [6.45, 7) is 0. The molecule has 0 aliphatic rings. The lowest BCUT2D eigenvalue weighted by Crippen LogP contribution is -2.00. The Bertz CT molecular complexity index is 1240. The third kappa shape index (κ3) is 3.39. The summed E-state index contributed by atoms with van der Waals surface area (Å²) in [4.78, 5) is 9.00. The highest BCUT2D eigenvalue weighted by molar-refractivity contribution is 8.01. The second-order valence-electron chi connectivity index (χ2n) is 5.80. The van der Waals surface area contributed by atoms with Gasteiger partial charge in [-0.1, -0.05) is 35.5 Å². The Morgan fingerprint density at radius 1 is 1.26 bits per heavy atom. The summed E-state index contributed by atoms with van der Waals surface area (Å²) in [5.41, 5.74) is 2.69. The molecule has 0 aliphatic carbocycles. The maximum Gasteiger partial charge on any atom is 0.155 e. The van der Waals surface area contributed by atoms with Crippen LogP contribution in [-0.4, -0.2) is 25.4 Å². The lowest BCUT2D eigenvalue weighted by molar-refractivity contribution is 0.420. The highest BCUT2D eigenvalue weighted by Crippen LogP contribution is 2.32. The summed E-state index contributed by atoms with van der Waals surface area (Å²) in [5.74, 6) is 0.672. The van der Waals surface area contributed by atoms with Gasteiger partial charge in [0, 0.05) is 12.1 Å². The van der Waals surface area contributed by atoms with E-state index in [1.807, 2.05) is 54.1 Å². The number of aliphatic hydroxyl groups excluding tert-OH is 1. The molecule has 0 saturated carbocycles. The normalized spacial score (nSPS) is 12.3. The molecule has 1 N–H and O–H groups in total. The standard InChI is InChI=1S/C19H13ClN4OS2/c1-24-15-5-3-2-4-13(15)22-18(24)12(9-21)16(25)10-26-19-23-14-8-11(20)6-7-17(14)27-19/h2-8,25H,10H2,1H3/b16-12+. The Hall–Kier alpha value is -2.53. The second kappa shape index (κ2) is 7.24. The summed E-state index contributed by atoms with van der Waals surface area (Å²) in [6.07, 6.45) is 0. The van der Waals surface area contributed by atoms with E-state index in [0.717, 1.165) is 25.6 Å². The lowest BCUT2D eigenvalue weighted by atomic mass is 10.2. The molecule has 0 bridgehead atoms. The minimum Gasteiger partial charge on any atom is -0.510 e. The number of nitriles is 1. The summed E-state index contributed by atoms with van der Waals surface area (Å²) in [6, 6.07) is 15.3. The smallest absolute Gasteiger partial charge is 0.155 e. The van der Waals surface area contributed by atoms with Gasteiger partial charge in [0.1, 0.15) is 17.4 Å². The van der Waals surface area contributed by atoms with E-state index in [1.54, 1.807) is 0 Å². The quantitative estimate of drug-likeness (QED) is 0.275. The van der Waals surface area contributed by atoms with Gasteiger partial charge in [-0.2, -0.15) is 5.26 Å². The van der Waals surface area contributed by atoms with E-state index in [-0.39, 0.29) is 17.1 Å². The van der Waals surface area contributed by atoms with Crippen LogP contribution >= 0.6 is 34.7 Å². The molecule has 4 rings (SSSR count). The first-order chi connectivity index (χ1) is 13.1. The molecule has 0 saturated heterocycles. The first-order valence-corrected chi connectivity index (χ1v) is 10.2. The Balaban J connectivity index is 1.63. The Labute approximate surface area is 168 Å². The van der Waals surface area contributed by atoms with E-state index in [1.165, 1.54) is 23.1 Å². The fourth-order valence-corrected chi connectivity index (χ4v) is 4.85. The van der Waals surface area contributed by atoms with Crippen molar-refractivity contribution in [3.8, 4) is 6.07 Å². The number of para-hydroxylation sites is 2. The monoisotopic (exact) mass is 412 g/mol. The van der Waals surface area contributed by atoms with Crippen LogP contribution in [0, 0.1) is 11.3 Å². The molecule has 0 fully saturated rings. The maximum atomic E-state index is 10.5. The number of nitrogens with zero attached hydrogens (tertiary/aromatic N) is 4. The Morgan fingerprint density at radius 3 is 2.85 bits per heavy atom. The van der Waals surface area contributed by atoms with Gasteiger partial charge in [0.25, 0.3) is 0 Å². The number of fused-ring (bicyclic) bond motifs is 2. The third-order valence-corrected chi connectivity index (χ3v) is 6.50. The maximum absolute atomic E-state index is 10.5. The molecule has 4 aromatic rings. The number of hydrogen-bond acceptors (Lipinski definition) is 6. The number of rotatable bonds is 4. The molecule has 0 amide bonds. The zero-order valence-electron chi connectivity index (χ0n) is 14.2. The molecule has 2 aromatic heterocycles. The number of hydrogen-bond donors (Lipinski definition) is 1. The molecule has 5 nitrogen and oxygen atoms in total. The number of aliphatic hydroxyl groups is 1. The van der Waals surface area contributed by atoms with Crippen molar-refractivity contribution in [2.45, 2.75) is 4.34 Å². The lowest BCUT2D eigenvalue weighted by Gasteiger charge is -2.04. The number of thiazole rings is 1. The van der Waals surface area contributed by atoms with Gasteiger partial charge >= 0.3 is 0 Å². The number of imidazole rings is 1. The number of aryl methyl sites for hydroxylation is 1. The van der Waals surface area contributed by atoms with Crippen LogP contribution in [0.2, 0.25) is 5.02 Å². The number of aromatic nitrogens is 3. The van der Waals surface area contributed by atoms with Gasteiger partial charge in [-0.25, -0.2) is 9.97 Å². The van der Waals surface area contributed by atoms with Crippen molar-refractivity contribution < 1.29 is 5.11 Å². The molecule has 0 spiro atoms. The van der Waals surface area contributed by atoms with Crippen molar-refractivity contribution in [2.24, 2.45) is 7.05 Å². The van der Waals surface area contributed by atoms with Crippen LogP contribution < -0.4 is 0 Å². The first kappa shape index (κ1) is 17.9. The van der Waals surface area contributed by atoms with Gasteiger partial charge in [-0.3, -0.25) is 0 Å². The molecule has 2 aromatic carbocycles. The van der Waals surface area contributed by atoms with Gasteiger partial charge in [0.05, 0.1) is 27.0 Å². The molecule has 2 heterocycles. The van der Waals surface area contributed by atoms with Crippen molar-refractivity contribution >= 4 is 61.5 Å². The van der Waals surface area contributed by atoms with Crippen molar-refractivity contribution in [2.75, 3.05) is 5.75 Å². The van der Waals surface area contributed by atoms with E-state index < -0.39 is 0 Å². The SMILES string of the molecule is Cn1c(/C(C#N)=C(/O)CSc2nc3cc(Cl)ccc3s2)nc2ccccc21. The predicted octanol–water partition coefficient (Wildman–Crippen LogP) is 5.42. The van der Waals surface area contributed by atoms with Crippen molar-refractivity contribution in [1.82, 2.24) is 14.5 Å². The summed E-state index contributed by atoms with van der Waals surface area (Å²) < 4.78 is 3.65. The number of benzene rings is 2. The summed E-state index contributed by atoms with van der Waals surface area (Å²) in [5, 5.41) is 20.8. The number of allylic oxidation sites excluding steroid dienone is 1. The van der Waals surface area contributed by atoms with Crippen molar-refractivity contribution in [1.29, 1.82) is 5.26 Å². The summed E-state index contributed by atoms with van der Waals surface area (Å²) >= 11 is 8.90. The van der Waals surface area contributed by atoms with Crippen LogP contribution in [0.5, 0.6) is 0 Å². The Morgan fingerprint density at radius 2 is 2.07 bits per heavy atom. The fourth-order valence-electron chi connectivity index (χ4n) is 2.76. The van der Waals surface area contributed by atoms with Crippen LogP contribution in [-0.2, 0) is 7.05 Å². The van der Waals surface area contributed by atoms with Crippen LogP contribution in [0.25, 0.3) is 26.8 Å². The zero-order valence-corrected chi connectivity index (χ0v) is 16.6. The fraction of sp³-hybridized carbons (Fsp3) is 0.105. The number of thioether (sulfide) groups is 1. The average molecular weight is 413 g/mol. The molecule has 0 aliphatic heterocycles. The minimum atomic E-state index is -0.0156. The van der Waals surface area contributed by atoms with Gasteiger partial charge in [0.2, 0.25) is 0 Å². The van der Waals surface area contributed by atoms with Crippen molar-refractivity contribution in [3.63, 3.8) is 0 Å². The van der Waals surface area contributed by atoms with Gasteiger partial charge in [-0.05, 0) is 30.3 Å². The molecular formula is C19H13ClN4OS2.